The van der Waals surface area contributed by atoms with Gasteiger partial charge in [-0.15, -0.1) is 0 Å². The number of likely N-dealkylation sites (tertiary alicyclic amines) is 1. The lowest BCUT2D eigenvalue weighted by Crippen LogP contribution is -2.60. The van der Waals surface area contributed by atoms with E-state index < -0.39 is 6.10 Å². The van der Waals surface area contributed by atoms with Crippen LogP contribution in [-0.2, 0) is 16.6 Å². The summed E-state index contributed by atoms with van der Waals surface area (Å²) in [5.41, 5.74) is 1.49. The number of ether oxygens (including phenoxy) is 2. The first-order valence-electron chi connectivity index (χ1n) is 8.65. The molecule has 0 saturated carbocycles. The Morgan fingerprint density at radius 3 is 2.76 bits per heavy atom. The number of phenolic OH excluding ortho intramolecular Hbond substituents is 1. The maximum absolute atomic E-state index is 10.9. The van der Waals surface area contributed by atoms with Gasteiger partial charge in [0.2, 0.25) is 0 Å². The smallest absolute Gasteiger partial charge is 0.162 e. The van der Waals surface area contributed by atoms with Gasteiger partial charge in [-0.3, -0.25) is 0 Å². The van der Waals surface area contributed by atoms with E-state index >= 15 is 0 Å². The summed E-state index contributed by atoms with van der Waals surface area (Å²) < 4.78 is 10.8. The van der Waals surface area contributed by atoms with Crippen molar-refractivity contribution in [3.63, 3.8) is 0 Å². The molecule has 0 radical (unpaired) electrons. The third-order valence-electron chi connectivity index (χ3n) is 6.44. The first-order chi connectivity index (χ1) is 11.9. The third kappa shape index (κ3) is 2.22. The standard InChI is InChI=1S/C19H24ClNO4/c1-21-5-4-19-9-14(22)15(24-2)7-11(19)13(21)6-10-12(20)8-16(25-3)18(23)17(10)19/h7-8,11,13-14,22-23H,4-6,9H2,1-3H3/t11?,13-,14-,19+/m0/s1. The fourth-order valence-corrected chi connectivity index (χ4v) is 5.50. The largest absolute Gasteiger partial charge is 0.504 e. The molecule has 4 atom stereocenters. The number of rotatable bonds is 2. The molecule has 2 aliphatic carbocycles. The second kappa shape index (κ2) is 5.79. The van der Waals surface area contributed by atoms with Gasteiger partial charge in [-0.25, -0.2) is 0 Å². The summed E-state index contributed by atoms with van der Waals surface area (Å²) >= 11 is 6.57. The van der Waals surface area contributed by atoms with Crippen molar-refractivity contribution >= 4 is 11.6 Å². The Labute approximate surface area is 152 Å². The zero-order valence-electron chi connectivity index (χ0n) is 14.8. The number of halogens is 1. The molecular formula is C19H24ClNO4. The van der Waals surface area contributed by atoms with E-state index in [-0.39, 0.29) is 23.1 Å². The van der Waals surface area contributed by atoms with Crippen LogP contribution < -0.4 is 4.74 Å². The minimum Gasteiger partial charge on any atom is -0.504 e. The summed E-state index contributed by atoms with van der Waals surface area (Å²) in [7, 11) is 5.26. The Kier molecular flexibility index (Phi) is 3.94. The monoisotopic (exact) mass is 365 g/mol. The molecule has 2 bridgehead atoms. The predicted molar refractivity (Wildman–Crippen MR) is 95.3 cm³/mol. The quantitative estimate of drug-likeness (QED) is 0.843. The van der Waals surface area contributed by atoms with Gasteiger partial charge in [0.15, 0.2) is 11.5 Å². The molecule has 4 rings (SSSR count). The predicted octanol–water partition coefficient (Wildman–Crippen LogP) is 2.46. The average Bonchev–Trinajstić information content (AvgIpc) is 2.59. The van der Waals surface area contributed by atoms with E-state index in [4.69, 9.17) is 21.1 Å². The summed E-state index contributed by atoms with van der Waals surface area (Å²) in [6.45, 7) is 0.914. The van der Waals surface area contributed by atoms with E-state index in [2.05, 4.69) is 18.0 Å². The van der Waals surface area contributed by atoms with Crippen molar-refractivity contribution in [2.75, 3.05) is 27.8 Å². The van der Waals surface area contributed by atoms with E-state index in [0.29, 0.717) is 23.0 Å². The number of hydrogen-bond acceptors (Lipinski definition) is 5. The number of fused-ring (bicyclic) bond motifs is 1. The van der Waals surface area contributed by atoms with Gasteiger partial charge >= 0.3 is 0 Å². The lowest BCUT2D eigenvalue weighted by molar-refractivity contribution is -0.00379. The molecular weight excluding hydrogens is 342 g/mol. The Morgan fingerprint density at radius 1 is 1.32 bits per heavy atom. The molecule has 25 heavy (non-hydrogen) atoms. The maximum atomic E-state index is 10.9. The lowest BCUT2D eigenvalue weighted by Gasteiger charge is -2.57. The number of aromatic hydroxyl groups is 1. The number of likely N-dealkylation sites (N-methyl/N-ethyl adjacent to an activating group) is 1. The molecule has 1 heterocycles. The van der Waals surface area contributed by atoms with Gasteiger partial charge < -0.3 is 24.6 Å². The van der Waals surface area contributed by atoms with Crippen LogP contribution in [0.25, 0.3) is 0 Å². The van der Waals surface area contributed by atoms with E-state index in [9.17, 15) is 10.2 Å². The van der Waals surface area contributed by atoms with Crippen LogP contribution in [-0.4, -0.2) is 55.1 Å². The number of benzene rings is 1. The van der Waals surface area contributed by atoms with Crippen LogP contribution in [0.1, 0.15) is 24.0 Å². The number of nitrogens with zero attached hydrogens (tertiary/aromatic N) is 1. The maximum Gasteiger partial charge on any atom is 0.162 e. The zero-order valence-corrected chi connectivity index (χ0v) is 15.5. The number of hydrogen-bond donors (Lipinski definition) is 2. The zero-order chi connectivity index (χ0) is 17.9. The minimum atomic E-state index is -0.680. The number of aliphatic hydroxyl groups excluding tert-OH is 1. The van der Waals surface area contributed by atoms with Gasteiger partial charge in [0, 0.05) is 34.0 Å². The number of phenols is 1. The summed E-state index contributed by atoms with van der Waals surface area (Å²) in [6.07, 6.45) is 3.51. The van der Waals surface area contributed by atoms with E-state index in [1.165, 1.54) is 7.11 Å². The molecule has 0 spiro atoms. The van der Waals surface area contributed by atoms with Crippen molar-refractivity contribution < 1.29 is 19.7 Å². The minimum absolute atomic E-state index is 0.158. The Bertz CT molecular complexity index is 749. The molecule has 0 aromatic heterocycles. The van der Waals surface area contributed by atoms with Crippen molar-refractivity contribution in [2.24, 2.45) is 5.92 Å². The van der Waals surface area contributed by atoms with Crippen molar-refractivity contribution in [3.8, 4) is 11.5 Å². The number of aliphatic hydroxyl groups is 1. The molecule has 1 aromatic carbocycles. The van der Waals surface area contributed by atoms with Gasteiger partial charge in [-0.2, -0.15) is 0 Å². The van der Waals surface area contributed by atoms with Crippen molar-refractivity contribution in [1.29, 1.82) is 0 Å². The highest BCUT2D eigenvalue weighted by atomic mass is 35.5. The van der Waals surface area contributed by atoms with Crippen molar-refractivity contribution in [2.45, 2.75) is 36.8 Å². The topological polar surface area (TPSA) is 62.2 Å². The van der Waals surface area contributed by atoms with E-state index in [0.717, 1.165) is 30.5 Å². The molecule has 5 nitrogen and oxygen atoms in total. The SMILES string of the molecule is COC1=CC2[C@@H]3Cc4c(Cl)cc(OC)c(O)c4[C@]2(CCN3C)C[C@@H]1O. The highest BCUT2D eigenvalue weighted by Gasteiger charge is 2.56. The van der Waals surface area contributed by atoms with Crippen LogP contribution in [0.5, 0.6) is 11.5 Å². The van der Waals surface area contributed by atoms with Crippen LogP contribution in [0.2, 0.25) is 5.02 Å². The van der Waals surface area contributed by atoms with Gasteiger partial charge in [-0.05, 0) is 44.5 Å². The number of methoxy groups -OCH3 is 2. The second-order valence-electron chi connectivity index (χ2n) is 7.44. The van der Waals surface area contributed by atoms with Crippen molar-refractivity contribution in [1.82, 2.24) is 4.90 Å². The molecule has 1 saturated heterocycles. The normalized spacial score (nSPS) is 34.0. The molecule has 6 heteroatoms. The summed E-state index contributed by atoms with van der Waals surface area (Å²) in [4.78, 5) is 2.35. The van der Waals surface area contributed by atoms with Gasteiger partial charge in [0.05, 0.1) is 14.2 Å². The van der Waals surface area contributed by atoms with Crippen molar-refractivity contribution in [3.05, 3.63) is 34.1 Å². The highest BCUT2D eigenvalue weighted by Crippen LogP contribution is 2.59. The summed E-state index contributed by atoms with van der Waals surface area (Å²) in [5, 5.41) is 22.2. The Morgan fingerprint density at radius 2 is 2.08 bits per heavy atom. The second-order valence-corrected chi connectivity index (χ2v) is 7.85. The van der Waals surface area contributed by atoms with Gasteiger partial charge in [0.25, 0.3) is 0 Å². The van der Waals surface area contributed by atoms with Gasteiger partial charge in [0.1, 0.15) is 11.9 Å². The molecule has 1 unspecified atom stereocenters. The first kappa shape index (κ1) is 17.0. The van der Waals surface area contributed by atoms with Crippen LogP contribution in [0, 0.1) is 5.92 Å². The molecule has 0 amide bonds. The van der Waals surface area contributed by atoms with Crippen LogP contribution in [0.4, 0.5) is 0 Å². The Balaban J connectivity index is 1.99. The summed E-state index contributed by atoms with van der Waals surface area (Å²) in [5.74, 6) is 1.34. The lowest BCUT2D eigenvalue weighted by atomic mass is 9.53. The van der Waals surface area contributed by atoms with E-state index in [1.807, 2.05) is 0 Å². The molecule has 1 aromatic rings. The molecule has 1 aliphatic heterocycles. The average molecular weight is 366 g/mol. The van der Waals surface area contributed by atoms with Gasteiger partial charge in [-0.1, -0.05) is 11.6 Å². The fourth-order valence-electron chi connectivity index (χ4n) is 5.23. The molecule has 3 aliphatic rings. The molecule has 1 fully saturated rings. The molecule has 136 valence electrons. The van der Waals surface area contributed by atoms with Crippen LogP contribution in [0.15, 0.2) is 17.9 Å². The van der Waals surface area contributed by atoms with E-state index in [1.54, 1.807) is 13.2 Å². The number of piperidine rings is 1. The van der Waals surface area contributed by atoms with Crippen LogP contribution in [0.3, 0.4) is 0 Å². The fraction of sp³-hybridized carbons (Fsp3) is 0.579. The Hall–Kier alpha value is -1.43. The summed E-state index contributed by atoms with van der Waals surface area (Å²) in [6, 6.07) is 1.96. The highest BCUT2D eigenvalue weighted by molar-refractivity contribution is 6.31. The van der Waals surface area contributed by atoms with Crippen LogP contribution >= 0.6 is 11.6 Å². The molecule has 2 N–H and O–H groups in total. The first-order valence-corrected chi connectivity index (χ1v) is 9.03. The third-order valence-corrected chi connectivity index (χ3v) is 6.78.